The van der Waals surface area contributed by atoms with Crippen molar-refractivity contribution in [1.82, 2.24) is 16.0 Å². The number of carboxylic acid groups (broad SMARTS) is 1. The van der Waals surface area contributed by atoms with Gasteiger partial charge in [0.2, 0.25) is 17.7 Å². The minimum atomic E-state index is -1.35. The standard InChI is InChI=1S/C15H29N5O6/c1-8(17)12(22)18-9(2)13(23)20-11(7-21)14(24)19-10(15(25)26)5-3-4-6-16/h8-11,21H,3-7,16-17H2,1-2H3,(H,18,22)(H,19,24)(H,20,23)(H,25,26). The fraction of sp³-hybridized carbons (Fsp3) is 0.733. The number of carbonyl (C=O) groups excluding carboxylic acids is 3. The van der Waals surface area contributed by atoms with Gasteiger partial charge in [0.05, 0.1) is 12.6 Å². The molecule has 4 atom stereocenters. The maximum Gasteiger partial charge on any atom is 0.326 e. The van der Waals surface area contributed by atoms with Gasteiger partial charge in [0, 0.05) is 0 Å². The van der Waals surface area contributed by atoms with Crippen LogP contribution in [-0.4, -0.2) is 71.2 Å². The molecule has 0 aliphatic carbocycles. The maximum absolute atomic E-state index is 12.1. The zero-order valence-corrected chi connectivity index (χ0v) is 15.0. The number of rotatable bonds is 12. The van der Waals surface area contributed by atoms with E-state index in [4.69, 9.17) is 16.6 Å². The van der Waals surface area contributed by atoms with Crippen molar-refractivity contribution < 1.29 is 29.4 Å². The average Bonchev–Trinajstić information content (AvgIpc) is 2.57. The van der Waals surface area contributed by atoms with E-state index in [0.29, 0.717) is 19.4 Å². The number of carboxylic acids is 1. The normalized spacial score (nSPS) is 15.3. The molecule has 0 aliphatic rings. The first-order valence-corrected chi connectivity index (χ1v) is 8.34. The van der Waals surface area contributed by atoms with Crippen LogP contribution in [0.15, 0.2) is 0 Å². The van der Waals surface area contributed by atoms with Gasteiger partial charge in [-0.3, -0.25) is 14.4 Å². The third-order valence-electron chi connectivity index (χ3n) is 3.54. The van der Waals surface area contributed by atoms with E-state index in [-0.39, 0.29) is 6.42 Å². The molecule has 9 N–H and O–H groups in total. The molecule has 11 heteroatoms. The van der Waals surface area contributed by atoms with Crippen molar-refractivity contribution in [2.75, 3.05) is 13.2 Å². The molecular formula is C15H29N5O6. The van der Waals surface area contributed by atoms with E-state index in [0.717, 1.165) is 0 Å². The Bertz CT molecular complexity index is 499. The number of unbranched alkanes of at least 4 members (excludes halogenated alkanes) is 1. The zero-order chi connectivity index (χ0) is 20.3. The molecule has 0 aliphatic heterocycles. The molecule has 0 aromatic carbocycles. The van der Waals surface area contributed by atoms with E-state index < -0.39 is 54.5 Å². The zero-order valence-electron chi connectivity index (χ0n) is 15.0. The molecule has 0 bridgehead atoms. The van der Waals surface area contributed by atoms with Gasteiger partial charge in [0.15, 0.2) is 0 Å². The Labute approximate surface area is 151 Å². The van der Waals surface area contributed by atoms with Gasteiger partial charge in [0.25, 0.3) is 0 Å². The van der Waals surface area contributed by atoms with Crippen LogP contribution in [0.25, 0.3) is 0 Å². The van der Waals surface area contributed by atoms with Gasteiger partial charge >= 0.3 is 5.97 Å². The lowest BCUT2D eigenvalue weighted by molar-refractivity contribution is -0.142. The summed E-state index contributed by atoms with van der Waals surface area (Å²) in [5.41, 5.74) is 10.7. The molecule has 0 radical (unpaired) electrons. The van der Waals surface area contributed by atoms with Gasteiger partial charge < -0.3 is 37.6 Å². The first-order valence-electron chi connectivity index (χ1n) is 8.34. The number of hydrogen-bond acceptors (Lipinski definition) is 7. The van der Waals surface area contributed by atoms with E-state index in [9.17, 15) is 24.3 Å². The van der Waals surface area contributed by atoms with Gasteiger partial charge in [-0.2, -0.15) is 0 Å². The summed E-state index contributed by atoms with van der Waals surface area (Å²) in [4.78, 5) is 46.8. The number of aliphatic carboxylic acids is 1. The molecule has 3 amide bonds. The smallest absolute Gasteiger partial charge is 0.326 e. The summed E-state index contributed by atoms with van der Waals surface area (Å²) in [6, 6.07) is -4.31. The van der Waals surface area contributed by atoms with Crippen molar-refractivity contribution in [3.05, 3.63) is 0 Å². The summed E-state index contributed by atoms with van der Waals surface area (Å²) in [6.45, 7) is 2.50. The van der Waals surface area contributed by atoms with Crippen LogP contribution in [0, 0.1) is 0 Å². The molecule has 0 heterocycles. The second-order valence-corrected chi connectivity index (χ2v) is 5.95. The van der Waals surface area contributed by atoms with E-state index in [1.165, 1.54) is 13.8 Å². The fourth-order valence-corrected chi connectivity index (χ4v) is 1.92. The van der Waals surface area contributed by atoms with Crippen LogP contribution in [0.2, 0.25) is 0 Å². The van der Waals surface area contributed by atoms with E-state index in [2.05, 4.69) is 16.0 Å². The molecule has 26 heavy (non-hydrogen) atoms. The number of nitrogens with two attached hydrogens (primary N) is 2. The Morgan fingerprint density at radius 2 is 1.50 bits per heavy atom. The Morgan fingerprint density at radius 1 is 0.923 bits per heavy atom. The van der Waals surface area contributed by atoms with Crippen molar-refractivity contribution in [1.29, 1.82) is 0 Å². The monoisotopic (exact) mass is 375 g/mol. The topological polar surface area (TPSA) is 197 Å². The van der Waals surface area contributed by atoms with E-state index in [1.807, 2.05) is 0 Å². The molecule has 0 aromatic heterocycles. The Morgan fingerprint density at radius 3 is 1.96 bits per heavy atom. The summed E-state index contributed by atoms with van der Waals surface area (Å²) in [7, 11) is 0. The highest BCUT2D eigenvalue weighted by Crippen LogP contribution is 2.01. The lowest BCUT2D eigenvalue weighted by atomic mass is 10.1. The summed E-state index contributed by atoms with van der Waals surface area (Å²) in [5, 5.41) is 25.3. The summed E-state index contributed by atoms with van der Waals surface area (Å²) >= 11 is 0. The maximum atomic E-state index is 12.1. The second kappa shape index (κ2) is 12.2. The number of amides is 3. The van der Waals surface area contributed by atoms with Crippen molar-refractivity contribution >= 4 is 23.7 Å². The highest BCUT2D eigenvalue weighted by molar-refractivity contribution is 5.93. The molecule has 0 saturated carbocycles. The number of hydrogen-bond donors (Lipinski definition) is 7. The Kier molecular flexibility index (Phi) is 11.1. The highest BCUT2D eigenvalue weighted by atomic mass is 16.4. The van der Waals surface area contributed by atoms with Crippen molar-refractivity contribution in [3.63, 3.8) is 0 Å². The molecule has 150 valence electrons. The minimum absolute atomic E-state index is 0.172. The summed E-state index contributed by atoms with van der Waals surface area (Å²) in [6.07, 6.45) is 1.28. The number of carbonyl (C=O) groups is 4. The van der Waals surface area contributed by atoms with Crippen LogP contribution in [0.1, 0.15) is 33.1 Å². The molecule has 0 fully saturated rings. The predicted octanol–water partition coefficient (Wildman–Crippen LogP) is -2.99. The van der Waals surface area contributed by atoms with Crippen LogP contribution < -0.4 is 27.4 Å². The van der Waals surface area contributed by atoms with Crippen LogP contribution >= 0.6 is 0 Å². The largest absolute Gasteiger partial charge is 0.480 e. The van der Waals surface area contributed by atoms with Crippen LogP contribution in [0.4, 0.5) is 0 Å². The van der Waals surface area contributed by atoms with E-state index in [1.54, 1.807) is 0 Å². The number of nitrogens with one attached hydrogen (secondary N) is 3. The third kappa shape index (κ3) is 8.74. The lowest BCUT2D eigenvalue weighted by Gasteiger charge is -2.22. The molecule has 0 spiro atoms. The summed E-state index contributed by atoms with van der Waals surface area (Å²) in [5.74, 6) is -3.34. The van der Waals surface area contributed by atoms with Gasteiger partial charge in [-0.15, -0.1) is 0 Å². The van der Waals surface area contributed by atoms with Crippen molar-refractivity contribution in [2.45, 2.75) is 57.3 Å². The number of aliphatic hydroxyl groups excluding tert-OH is 1. The molecule has 0 saturated heterocycles. The Hall–Kier alpha value is -2.24. The van der Waals surface area contributed by atoms with Gasteiger partial charge in [-0.05, 0) is 39.7 Å². The van der Waals surface area contributed by atoms with Gasteiger partial charge in [-0.1, -0.05) is 0 Å². The first-order chi connectivity index (χ1) is 12.1. The first kappa shape index (κ1) is 23.8. The molecule has 11 nitrogen and oxygen atoms in total. The summed E-state index contributed by atoms with van der Waals surface area (Å²) < 4.78 is 0. The van der Waals surface area contributed by atoms with Crippen LogP contribution in [-0.2, 0) is 19.2 Å². The highest BCUT2D eigenvalue weighted by Gasteiger charge is 2.27. The van der Waals surface area contributed by atoms with Crippen LogP contribution in [0.3, 0.4) is 0 Å². The second-order valence-electron chi connectivity index (χ2n) is 5.95. The number of aliphatic hydroxyl groups is 1. The van der Waals surface area contributed by atoms with Crippen molar-refractivity contribution in [3.8, 4) is 0 Å². The fourth-order valence-electron chi connectivity index (χ4n) is 1.92. The van der Waals surface area contributed by atoms with Gasteiger partial charge in [-0.25, -0.2) is 4.79 Å². The SMILES string of the molecule is CC(N)C(=O)NC(C)C(=O)NC(CO)C(=O)NC(CCCCN)C(=O)O. The molecule has 0 aromatic rings. The van der Waals surface area contributed by atoms with Crippen molar-refractivity contribution in [2.24, 2.45) is 11.5 Å². The third-order valence-corrected chi connectivity index (χ3v) is 3.54. The molecular weight excluding hydrogens is 346 g/mol. The lowest BCUT2D eigenvalue weighted by Crippen LogP contribution is -2.57. The predicted molar refractivity (Wildman–Crippen MR) is 92.7 cm³/mol. The Balaban J connectivity index is 4.73. The molecule has 4 unspecified atom stereocenters. The average molecular weight is 375 g/mol. The van der Waals surface area contributed by atoms with Crippen LogP contribution in [0.5, 0.6) is 0 Å². The molecule has 0 rings (SSSR count). The van der Waals surface area contributed by atoms with E-state index >= 15 is 0 Å². The minimum Gasteiger partial charge on any atom is -0.480 e. The quantitative estimate of drug-likeness (QED) is 0.175. The van der Waals surface area contributed by atoms with Gasteiger partial charge in [0.1, 0.15) is 18.1 Å².